The van der Waals surface area contributed by atoms with Crippen LogP contribution in [0.2, 0.25) is 0 Å². The number of aromatic amines is 3. The van der Waals surface area contributed by atoms with Gasteiger partial charge in [0, 0.05) is 89.4 Å². The second-order valence-corrected chi connectivity index (χ2v) is 27.9. The molecule has 0 atom stereocenters. The van der Waals surface area contributed by atoms with Crippen LogP contribution in [0.5, 0.6) is 6.01 Å². The predicted molar refractivity (Wildman–Crippen MR) is 444 cm³/mol. The summed E-state index contributed by atoms with van der Waals surface area (Å²) in [5.74, 6) is 2.10. The topological polar surface area (TPSA) is 580 Å². The van der Waals surface area contributed by atoms with Gasteiger partial charge in [-0.2, -0.15) is 57.9 Å². The number of carbonyl (C=O) groups is 2. The highest BCUT2D eigenvalue weighted by Crippen LogP contribution is 2.39. The molecule has 0 spiro atoms. The van der Waals surface area contributed by atoms with Gasteiger partial charge >= 0.3 is 18.3 Å². The standard InChI is InChI=1S/C14H12F3N5.C14H12FN5O.C14H12N6O.C13H14N6O2S.C7H9N5O.C6H6FN5.C6H7N5/c1-7-3-4-8(5-9(7)14(15,16)17)11-10-12(18)19-6-20-13(10)22(2)21-11;1-7(21)9-4-3-8(5-10(9)15)12-11-13(16)17-6-18-14(11)20(2)19-12;1-20-13-10(12(15)17-6-18-13)11(19-20)7-2-3-9-8(4-7)5-16-14(9)21;1-19-13-10(12(14)15-7-16-13)11(17-19)8-4-3-5-9(6-8)18-22(2,20)21;1-8-5-4-6(10-3-9-4)12-7(11-5)13-2;1-8-4-3-5(10-2-9-3)12-6(7)11-4;1-7-5-4-6(10-2-8-4)11-3-9-5/h3-6H,1-2H3,(H2,18,19,20);3-6H,1-2H3,(H2,16,17,18);2-4,6H,5H2,1H3,(H,16,21)(H2,15,17,18);3-7,18H,1-2H3,(H2,14,15,16);3H,1-2H3,(H2,8,9,10,11,12);2H,1H3,(H2,8,9,10,11,12);2-3H,1H3,(H2,7,8,9,10,11). The molecule has 0 bridgehead atoms. The molecule has 0 unspecified atom stereocenters. The van der Waals surface area contributed by atoms with E-state index in [1.54, 1.807) is 92.3 Å². The summed E-state index contributed by atoms with van der Waals surface area (Å²) in [6.07, 6.45) is 7.43. The number of ether oxygens (including phenoxy) is 1. The van der Waals surface area contributed by atoms with E-state index in [9.17, 15) is 40.0 Å². The van der Waals surface area contributed by atoms with Gasteiger partial charge < -0.3 is 63.9 Å². The molecule has 15 heterocycles. The van der Waals surface area contributed by atoms with Crippen molar-refractivity contribution < 1.29 is 44.7 Å². The number of imidazole rings is 3. The number of nitrogen functional groups attached to an aromatic ring is 4. The molecule has 0 radical (unpaired) electrons. The van der Waals surface area contributed by atoms with Gasteiger partial charge in [0.1, 0.15) is 100 Å². The summed E-state index contributed by atoms with van der Waals surface area (Å²) in [5.41, 5.74) is 36.0. The van der Waals surface area contributed by atoms with E-state index in [4.69, 9.17) is 27.7 Å². The minimum Gasteiger partial charge on any atom is -0.467 e. The molecule has 624 valence electrons. The van der Waals surface area contributed by atoms with Crippen LogP contribution < -0.4 is 53.7 Å². The highest BCUT2D eigenvalue weighted by molar-refractivity contribution is 7.92. The number of hydrogen-bond acceptors (Lipinski definition) is 33. The van der Waals surface area contributed by atoms with E-state index in [-0.39, 0.29) is 34.5 Å². The van der Waals surface area contributed by atoms with E-state index in [0.29, 0.717) is 136 Å². The van der Waals surface area contributed by atoms with Gasteiger partial charge in [-0.15, -0.1) is 0 Å². The number of Topliss-reactive ketones (excluding diaryl/α,β-unsaturated/α-hetero) is 1. The van der Waals surface area contributed by atoms with Gasteiger partial charge in [-0.1, -0.05) is 36.4 Å². The predicted octanol–water partition coefficient (Wildman–Crippen LogP) is 8.07. The van der Waals surface area contributed by atoms with E-state index in [1.165, 1.54) is 81.8 Å². The number of H-pyrrole nitrogens is 3. The number of hydrogen-bond donors (Lipinski definition) is 12. The highest BCUT2D eigenvalue weighted by Gasteiger charge is 2.33. The Hall–Kier alpha value is -16.3. The van der Waals surface area contributed by atoms with Crippen LogP contribution in [0.3, 0.4) is 0 Å². The fourth-order valence-corrected chi connectivity index (χ4v) is 13.2. The number of halogens is 5. The lowest BCUT2D eigenvalue weighted by atomic mass is 10.0. The summed E-state index contributed by atoms with van der Waals surface area (Å²) in [4.78, 5) is 98.9. The van der Waals surface area contributed by atoms with Crippen molar-refractivity contribution in [2.24, 2.45) is 28.2 Å². The Kier molecular flexibility index (Phi) is 23.9. The summed E-state index contributed by atoms with van der Waals surface area (Å²) in [7, 11) is 10.4. The van der Waals surface area contributed by atoms with Crippen molar-refractivity contribution in [1.29, 1.82) is 0 Å². The van der Waals surface area contributed by atoms with Gasteiger partial charge in [0.2, 0.25) is 10.0 Å². The average molecular weight is 1690 g/mol. The lowest BCUT2D eigenvalue weighted by molar-refractivity contribution is -0.138. The first-order chi connectivity index (χ1) is 58.3. The Labute approximate surface area is 684 Å². The number of amides is 1. The van der Waals surface area contributed by atoms with Gasteiger partial charge in [0.15, 0.2) is 62.8 Å². The monoisotopic (exact) mass is 1690 g/mol. The van der Waals surface area contributed by atoms with E-state index in [0.717, 1.165) is 56.9 Å². The number of alkyl halides is 3. The number of nitrogens with zero attached hydrogens (tertiary/aromatic N) is 25. The molecule has 1 aliphatic rings. The quantitative estimate of drug-likeness (QED) is 0.0331. The number of benzene rings is 4. The largest absolute Gasteiger partial charge is 0.467 e. The summed E-state index contributed by atoms with van der Waals surface area (Å²) in [6, 6.07) is 21.3. The zero-order chi connectivity index (χ0) is 87.2. The van der Waals surface area contributed by atoms with E-state index < -0.39 is 33.7 Å². The fraction of sp³-hybridized carbons (Fsp3) is 0.176. The summed E-state index contributed by atoms with van der Waals surface area (Å²) in [6.45, 7) is 3.28. The summed E-state index contributed by atoms with van der Waals surface area (Å²) >= 11 is 0. The number of nitrogens with two attached hydrogens (primary N) is 4. The van der Waals surface area contributed by atoms with Crippen LogP contribution in [0.25, 0.3) is 123 Å². The fourth-order valence-electron chi connectivity index (χ4n) is 12.6. The number of aromatic nitrogens is 28. The second-order valence-electron chi connectivity index (χ2n) is 26.2. The van der Waals surface area contributed by atoms with Crippen LogP contribution in [0.4, 0.5) is 68.4 Å². The second kappa shape index (κ2) is 34.8. The van der Waals surface area contributed by atoms with Crippen LogP contribution in [-0.2, 0) is 50.9 Å². The van der Waals surface area contributed by atoms with Crippen molar-refractivity contribution in [3.63, 3.8) is 0 Å². The third-order valence-corrected chi connectivity index (χ3v) is 18.8. The Bertz CT molecular complexity index is 7100. The number of fused-ring (bicyclic) bond motifs is 8. The van der Waals surface area contributed by atoms with Crippen molar-refractivity contribution in [3.05, 3.63) is 169 Å². The van der Waals surface area contributed by atoms with Crippen LogP contribution in [-0.4, -0.2) is 193 Å². The molecule has 122 heavy (non-hydrogen) atoms. The summed E-state index contributed by atoms with van der Waals surface area (Å²) in [5, 5.41) is 31.3. The number of methoxy groups -OCH3 is 1. The van der Waals surface area contributed by atoms with Gasteiger partial charge in [-0.05, 0) is 67.4 Å². The molecule has 1 aliphatic heterocycles. The van der Waals surface area contributed by atoms with E-state index in [2.05, 4.69) is 146 Å². The number of sulfonamides is 1. The smallest absolute Gasteiger partial charge is 0.416 e. The number of rotatable bonds is 11. The Morgan fingerprint density at radius 3 is 1.42 bits per heavy atom. The Balaban J connectivity index is 0.000000124. The Morgan fingerprint density at radius 2 is 0.951 bits per heavy atom. The maximum atomic E-state index is 14.0. The molecule has 0 saturated carbocycles. The van der Waals surface area contributed by atoms with Crippen molar-refractivity contribution in [3.8, 4) is 51.0 Å². The third kappa shape index (κ3) is 17.7. The molecule has 48 heteroatoms. The van der Waals surface area contributed by atoms with Gasteiger partial charge in [0.05, 0.1) is 65.0 Å². The summed E-state index contributed by atoms with van der Waals surface area (Å²) < 4.78 is 102. The molecule has 16 N–H and O–H groups in total. The molecular weight excluding hydrogens is 1610 g/mol. The van der Waals surface area contributed by atoms with Crippen molar-refractivity contribution >= 4 is 146 Å². The first-order valence-electron chi connectivity index (χ1n) is 35.9. The number of ketones is 1. The molecule has 1 amide bonds. The highest BCUT2D eigenvalue weighted by atomic mass is 32.2. The molecule has 42 nitrogen and oxygen atoms in total. The third-order valence-electron chi connectivity index (χ3n) is 18.2. The molecular formula is C74H72F5N37O5S. The number of nitrogens with one attached hydrogen (secondary N) is 8. The zero-order valence-corrected chi connectivity index (χ0v) is 67.0. The van der Waals surface area contributed by atoms with E-state index >= 15 is 0 Å². The van der Waals surface area contributed by atoms with Crippen molar-refractivity contribution in [2.45, 2.75) is 26.6 Å². The molecule has 0 fully saturated rings. The Morgan fingerprint density at radius 1 is 0.516 bits per heavy atom. The molecule has 14 aromatic heterocycles. The van der Waals surface area contributed by atoms with Crippen LogP contribution in [0, 0.1) is 18.8 Å². The average Bonchev–Trinajstić information content (AvgIpc) is 1.65. The normalized spacial score (nSPS) is 11.6. The molecule has 0 aliphatic carbocycles. The van der Waals surface area contributed by atoms with Crippen LogP contribution >= 0.6 is 0 Å². The van der Waals surface area contributed by atoms with Gasteiger partial charge in [-0.25, -0.2) is 96.3 Å². The SMILES string of the molecule is CC(=O)c1ccc(-c2nn(C)c3ncnc(N)c23)cc1F.CNc1nc(F)nc2nc[nH]c12.CNc1nc(OC)nc2nc[nH]c12.CNc1ncnc2nc[nH]c12.Cc1ccc(-c2nn(C)c3ncnc(N)c23)cc1C(F)(F)F.Cn1nc(-c2ccc3c(c2)CNC3=O)c2c(N)ncnc21.Cn1nc(-c2cccc(NS(C)(=O)=O)c2)c2c(N)ncnc21. The van der Waals surface area contributed by atoms with Crippen LogP contribution in [0.1, 0.15) is 44.3 Å². The molecule has 18 aromatic rings. The van der Waals surface area contributed by atoms with Gasteiger partial charge in [-0.3, -0.25) is 14.3 Å². The maximum Gasteiger partial charge on any atom is 0.416 e. The lowest BCUT2D eigenvalue weighted by Crippen LogP contribution is -2.12. The van der Waals surface area contributed by atoms with Crippen molar-refractivity contribution in [1.82, 2.24) is 144 Å². The zero-order valence-electron chi connectivity index (χ0n) is 66.2. The number of aryl methyl sites for hydroxylation is 5. The first kappa shape index (κ1) is 83.6. The first-order valence-corrected chi connectivity index (χ1v) is 37.7. The number of carbonyl (C=O) groups excluding carboxylic acids is 2. The minimum absolute atomic E-state index is 0.0368. The van der Waals surface area contributed by atoms with Crippen LogP contribution in [0.15, 0.2) is 129 Å². The van der Waals surface area contributed by atoms with Gasteiger partial charge in [0.25, 0.3) is 5.91 Å². The van der Waals surface area contributed by atoms with E-state index in [1.807, 2.05) is 38.4 Å². The molecule has 19 rings (SSSR count). The lowest BCUT2D eigenvalue weighted by Gasteiger charge is -2.11. The molecule has 4 aromatic carbocycles. The van der Waals surface area contributed by atoms with Crippen molar-refractivity contribution in [2.75, 3.05) is 78.1 Å². The maximum absolute atomic E-state index is 14.0. The number of anilines is 8. The molecule has 0 saturated heterocycles. The minimum atomic E-state index is -4.42.